The van der Waals surface area contributed by atoms with Gasteiger partial charge in [-0.2, -0.15) is 5.10 Å². The maximum Gasteiger partial charge on any atom is 0.178 e. The van der Waals surface area contributed by atoms with Crippen molar-refractivity contribution in [3.63, 3.8) is 0 Å². The van der Waals surface area contributed by atoms with E-state index < -0.39 is 15.7 Å². The molecule has 5 nitrogen and oxygen atoms in total. The Bertz CT molecular complexity index is 756. The van der Waals surface area contributed by atoms with E-state index in [-0.39, 0.29) is 10.9 Å². The summed E-state index contributed by atoms with van der Waals surface area (Å²) < 4.78 is 38.4. The zero-order valence-corrected chi connectivity index (χ0v) is 13.7. The Morgan fingerprint density at radius 3 is 2.68 bits per heavy atom. The molecule has 0 aliphatic heterocycles. The van der Waals surface area contributed by atoms with Crippen molar-refractivity contribution in [1.29, 1.82) is 0 Å². The van der Waals surface area contributed by atoms with E-state index in [1.807, 2.05) is 26.4 Å². The molecule has 0 saturated heterocycles. The summed E-state index contributed by atoms with van der Waals surface area (Å²) in [6.45, 7) is 2.64. The number of aryl methyl sites for hydroxylation is 1. The molecule has 1 unspecified atom stereocenters. The fourth-order valence-corrected chi connectivity index (χ4v) is 2.97. The third kappa shape index (κ3) is 4.14. The number of halogens is 1. The molecule has 1 atom stereocenters. The van der Waals surface area contributed by atoms with E-state index in [1.54, 1.807) is 10.7 Å². The summed E-state index contributed by atoms with van der Waals surface area (Å²) in [5.41, 5.74) is 1.84. The second-order valence-corrected chi connectivity index (χ2v) is 7.39. The first-order valence-corrected chi connectivity index (χ1v) is 8.87. The molecule has 0 amide bonds. The standard InChI is InChI=1S/C15H20FN3O2S/c1-11(17-7-6-12-9-18-19(2)10-12)13-4-5-15(14(16)8-13)22(3,20)21/h4-5,8-11,17H,6-7H2,1-3H3. The molecular formula is C15H20FN3O2S. The summed E-state index contributed by atoms with van der Waals surface area (Å²) in [5, 5.41) is 7.39. The lowest BCUT2D eigenvalue weighted by Gasteiger charge is -2.14. The van der Waals surface area contributed by atoms with Gasteiger partial charge in [0, 0.05) is 25.5 Å². The summed E-state index contributed by atoms with van der Waals surface area (Å²) in [5.74, 6) is -0.707. The van der Waals surface area contributed by atoms with Gasteiger partial charge in [0.15, 0.2) is 9.84 Å². The fraction of sp³-hybridized carbons (Fsp3) is 0.400. The Morgan fingerprint density at radius 2 is 2.14 bits per heavy atom. The number of benzene rings is 1. The smallest absolute Gasteiger partial charge is 0.178 e. The van der Waals surface area contributed by atoms with Crippen LogP contribution < -0.4 is 5.32 Å². The van der Waals surface area contributed by atoms with Crippen molar-refractivity contribution in [2.24, 2.45) is 7.05 Å². The van der Waals surface area contributed by atoms with Gasteiger partial charge in [0.1, 0.15) is 10.7 Å². The lowest BCUT2D eigenvalue weighted by atomic mass is 10.1. The monoisotopic (exact) mass is 325 g/mol. The highest BCUT2D eigenvalue weighted by Crippen LogP contribution is 2.20. The normalized spacial score (nSPS) is 13.3. The molecule has 0 saturated carbocycles. The molecule has 22 heavy (non-hydrogen) atoms. The number of rotatable bonds is 6. The molecule has 0 spiro atoms. The SMILES string of the molecule is CC(NCCc1cnn(C)c1)c1ccc(S(C)(=O)=O)c(F)c1. The third-order valence-electron chi connectivity index (χ3n) is 3.48. The van der Waals surface area contributed by atoms with Crippen molar-refractivity contribution in [2.45, 2.75) is 24.3 Å². The van der Waals surface area contributed by atoms with Gasteiger partial charge in [-0.05, 0) is 43.1 Å². The summed E-state index contributed by atoms with van der Waals surface area (Å²) in [6, 6.07) is 4.17. The summed E-state index contributed by atoms with van der Waals surface area (Å²) in [7, 11) is -1.66. The number of hydrogen-bond acceptors (Lipinski definition) is 4. The van der Waals surface area contributed by atoms with Gasteiger partial charge < -0.3 is 5.32 Å². The maximum atomic E-state index is 13.9. The van der Waals surface area contributed by atoms with Crippen LogP contribution in [0.15, 0.2) is 35.5 Å². The minimum absolute atomic E-state index is 0.0696. The average molecular weight is 325 g/mol. The molecular weight excluding hydrogens is 305 g/mol. The summed E-state index contributed by atoms with van der Waals surface area (Å²) in [6.07, 6.45) is 5.59. The van der Waals surface area contributed by atoms with E-state index >= 15 is 0 Å². The Balaban J connectivity index is 1.98. The lowest BCUT2D eigenvalue weighted by molar-refractivity contribution is 0.551. The van der Waals surface area contributed by atoms with E-state index in [9.17, 15) is 12.8 Å². The quantitative estimate of drug-likeness (QED) is 0.880. The molecule has 1 heterocycles. The molecule has 2 aromatic rings. The minimum Gasteiger partial charge on any atom is -0.310 e. The number of sulfone groups is 1. The van der Waals surface area contributed by atoms with E-state index in [4.69, 9.17) is 0 Å². The molecule has 0 aliphatic rings. The lowest BCUT2D eigenvalue weighted by Crippen LogP contribution is -2.21. The van der Waals surface area contributed by atoms with Crippen LogP contribution in [0.1, 0.15) is 24.1 Å². The molecule has 0 radical (unpaired) electrons. The summed E-state index contributed by atoms with van der Waals surface area (Å²) >= 11 is 0. The van der Waals surface area contributed by atoms with Crippen LogP contribution in [0.3, 0.4) is 0 Å². The largest absolute Gasteiger partial charge is 0.310 e. The molecule has 2 rings (SSSR count). The van der Waals surface area contributed by atoms with Crippen molar-refractivity contribution in [3.8, 4) is 0 Å². The van der Waals surface area contributed by atoms with Gasteiger partial charge >= 0.3 is 0 Å². The first-order valence-electron chi connectivity index (χ1n) is 6.98. The van der Waals surface area contributed by atoms with Crippen LogP contribution in [0.2, 0.25) is 0 Å². The van der Waals surface area contributed by atoms with Crippen LogP contribution in [0.25, 0.3) is 0 Å². The van der Waals surface area contributed by atoms with Crippen LogP contribution in [-0.2, 0) is 23.3 Å². The van der Waals surface area contributed by atoms with E-state index in [1.165, 1.54) is 12.1 Å². The molecule has 120 valence electrons. The van der Waals surface area contributed by atoms with Crippen molar-refractivity contribution in [2.75, 3.05) is 12.8 Å². The van der Waals surface area contributed by atoms with Gasteiger partial charge in [-0.1, -0.05) is 6.07 Å². The third-order valence-corrected chi connectivity index (χ3v) is 4.61. The molecule has 1 aromatic carbocycles. The zero-order valence-electron chi connectivity index (χ0n) is 12.9. The predicted octanol–water partition coefficient (Wildman–Crippen LogP) is 1.86. The van der Waals surface area contributed by atoms with Gasteiger partial charge in [0.2, 0.25) is 0 Å². The minimum atomic E-state index is -3.53. The topological polar surface area (TPSA) is 64.0 Å². The number of aromatic nitrogens is 2. The zero-order chi connectivity index (χ0) is 16.3. The average Bonchev–Trinajstić information content (AvgIpc) is 2.82. The van der Waals surface area contributed by atoms with Crippen molar-refractivity contribution >= 4 is 9.84 Å². The number of hydrogen-bond donors (Lipinski definition) is 1. The van der Waals surface area contributed by atoms with Gasteiger partial charge in [-0.25, -0.2) is 12.8 Å². The second-order valence-electron chi connectivity index (χ2n) is 5.41. The number of nitrogens with zero attached hydrogens (tertiary/aromatic N) is 2. The first-order chi connectivity index (χ1) is 10.3. The Morgan fingerprint density at radius 1 is 1.41 bits per heavy atom. The van der Waals surface area contributed by atoms with Crippen molar-refractivity contribution < 1.29 is 12.8 Å². The van der Waals surface area contributed by atoms with Crippen LogP contribution in [0.4, 0.5) is 4.39 Å². The first kappa shape index (κ1) is 16.6. The van der Waals surface area contributed by atoms with Crippen LogP contribution in [-0.4, -0.2) is 31.0 Å². The highest BCUT2D eigenvalue weighted by Gasteiger charge is 2.15. The maximum absolute atomic E-state index is 13.9. The van der Waals surface area contributed by atoms with Crippen LogP contribution in [0.5, 0.6) is 0 Å². The molecule has 0 fully saturated rings. The van der Waals surface area contributed by atoms with E-state index in [0.29, 0.717) is 0 Å². The fourth-order valence-electron chi connectivity index (χ4n) is 2.24. The van der Waals surface area contributed by atoms with Crippen LogP contribution in [0, 0.1) is 5.82 Å². The Hall–Kier alpha value is -1.73. The highest BCUT2D eigenvalue weighted by molar-refractivity contribution is 7.90. The molecule has 0 bridgehead atoms. The molecule has 1 aromatic heterocycles. The van der Waals surface area contributed by atoms with Crippen molar-refractivity contribution in [1.82, 2.24) is 15.1 Å². The second kappa shape index (κ2) is 6.58. The van der Waals surface area contributed by atoms with Crippen molar-refractivity contribution in [3.05, 3.63) is 47.5 Å². The van der Waals surface area contributed by atoms with E-state index in [0.717, 1.165) is 30.3 Å². The summed E-state index contributed by atoms with van der Waals surface area (Å²) in [4.78, 5) is -0.265. The van der Waals surface area contributed by atoms with Crippen LogP contribution >= 0.6 is 0 Å². The number of nitrogens with one attached hydrogen (secondary N) is 1. The Labute approximate surface area is 130 Å². The molecule has 0 aliphatic carbocycles. The predicted molar refractivity (Wildman–Crippen MR) is 82.8 cm³/mol. The van der Waals surface area contributed by atoms with Gasteiger partial charge in [-0.3, -0.25) is 4.68 Å². The van der Waals surface area contributed by atoms with Gasteiger partial charge in [0.05, 0.1) is 6.20 Å². The van der Waals surface area contributed by atoms with E-state index in [2.05, 4.69) is 10.4 Å². The van der Waals surface area contributed by atoms with Gasteiger partial charge in [0.25, 0.3) is 0 Å². The Kier molecular flexibility index (Phi) is 4.97. The van der Waals surface area contributed by atoms with Gasteiger partial charge in [-0.15, -0.1) is 0 Å². The highest BCUT2D eigenvalue weighted by atomic mass is 32.2. The molecule has 1 N–H and O–H groups in total. The molecule has 7 heteroatoms.